The van der Waals surface area contributed by atoms with E-state index in [1.165, 1.54) is 31.1 Å². The molecule has 5 rings (SSSR count). The molecule has 14 heteroatoms. The number of carbonyl (C=O) groups excluding carboxylic acids is 1. The van der Waals surface area contributed by atoms with E-state index < -0.39 is 48.2 Å². The third-order valence-electron chi connectivity index (χ3n) is 7.88. The van der Waals surface area contributed by atoms with E-state index in [2.05, 4.69) is 10.1 Å². The molecule has 1 aliphatic rings. The van der Waals surface area contributed by atoms with Crippen LogP contribution in [0.25, 0.3) is 16.9 Å². The molecule has 3 heterocycles. The van der Waals surface area contributed by atoms with Crippen LogP contribution in [0.4, 0.5) is 26.3 Å². The predicted molar refractivity (Wildman–Crippen MR) is 148 cm³/mol. The van der Waals surface area contributed by atoms with Crippen LogP contribution < -0.4 is 4.74 Å². The molecule has 0 spiro atoms. The van der Waals surface area contributed by atoms with Crippen LogP contribution in [-0.2, 0) is 12.4 Å². The summed E-state index contributed by atoms with van der Waals surface area (Å²) in [6, 6.07) is 9.81. The van der Waals surface area contributed by atoms with Crippen molar-refractivity contribution in [3.8, 4) is 17.0 Å². The number of nitrogens with zero attached hydrogens (tertiary/aromatic N) is 5. The third-order valence-corrected chi connectivity index (χ3v) is 7.88. The Kier molecular flexibility index (Phi) is 8.33. The van der Waals surface area contributed by atoms with Gasteiger partial charge in [0.1, 0.15) is 11.3 Å². The third kappa shape index (κ3) is 5.83. The van der Waals surface area contributed by atoms with Crippen molar-refractivity contribution in [2.24, 2.45) is 0 Å². The first kappa shape index (κ1) is 31.3. The molecular formula is C30H29F6N5O3. The SMILES string of the molecule is COc1ccc(-c2nc3c(C(=O)N4CCN([C@@H](CO)c5cccc(C(F)(F)F)c5)C[C@H]4C)cnn3c(C(F)(F)F)c2C)cc1. The second kappa shape index (κ2) is 11.7. The minimum atomic E-state index is -4.81. The Morgan fingerprint density at radius 1 is 1.07 bits per heavy atom. The molecule has 1 amide bonds. The molecule has 2 aromatic heterocycles. The maximum absolute atomic E-state index is 14.3. The van der Waals surface area contributed by atoms with Gasteiger partial charge in [-0.2, -0.15) is 31.4 Å². The van der Waals surface area contributed by atoms with Gasteiger partial charge in [-0.3, -0.25) is 9.69 Å². The highest BCUT2D eigenvalue weighted by molar-refractivity contribution is 6.00. The lowest BCUT2D eigenvalue weighted by atomic mass is 10.0. The van der Waals surface area contributed by atoms with Crippen LogP contribution in [-0.4, -0.2) is 74.8 Å². The van der Waals surface area contributed by atoms with E-state index in [-0.39, 0.29) is 47.7 Å². The normalized spacial score (nSPS) is 17.2. The zero-order valence-electron chi connectivity index (χ0n) is 23.9. The standard InChI is InChI=1S/C30H29F6N5O3/c1-17-15-39(24(16-42)20-5-4-6-21(13-20)29(31,32)33)11-12-40(17)28(43)23-14-37-41-26(30(34,35)36)18(2)25(38-27(23)41)19-7-9-22(44-3)10-8-19/h4-10,13-14,17,24,42H,11-12,15-16H2,1-3H3/t17-,24+/m1/s1. The van der Waals surface area contributed by atoms with Crippen molar-refractivity contribution in [2.75, 3.05) is 33.4 Å². The first-order chi connectivity index (χ1) is 20.7. The molecule has 8 nitrogen and oxygen atoms in total. The molecule has 1 N–H and O–H groups in total. The summed E-state index contributed by atoms with van der Waals surface area (Å²) in [5.74, 6) is -0.0784. The molecule has 1 fully saturated rings. The van der Waals surface area contributed by atoms with Crippen LogP contribution in [0.5, 0.6) is 5.75 Å². The van der Waals surface area contributed by atoms with Gasteiger partial charge in [0.05, 0.1) is 37.2 Å². The number of amides is 1. The number of aliphatic hydroxyl groups excluding tert-OH is 1. The number of hydrogen-bond donors (Lipinski definition) is 1. The largest absolute Gasteiger partial charge is 0.497 e. The summed E-state index contributed by atoms with van der Waals surface area (Å²) in [6.07, 6.45) is -8.29. The smallest absolute Gasteiger partial charge is 0.433 e. The lowest BCUT2D eigenvalue weighted by Crippen LogP contribution is -2.55. The van der Waals surface area contributed by atoms with Crippen molar-refractivity contribution < 1.29 is 41.0 Å². The molecule has 0 saturated carbocycles. The number of alkyl halides is 6. The summed E-state index contributed by atoms with van der Waals surface area (Å²) in [5, 5.41) is 14.0. The minimum Gasteiger partial charge on any atom is -0.497 e. The monoisotopic (exact) mass is 621 g/mol. The number of piperazine rings is 1. The van der Waals surface area contributed by atoms with Gasteiger partial charge in [-0.1, -0.05) is 12.1 Å². The number of benzene rings is 2. The number of halogens is 6. The zero-order chi connectivity index (χ0) is 32.0. The molecule has 0 bridgehead atoms. The van der Waals surface area contributed by atoms with Gasteiger partial charge in [0.15, 0.2) is 11.3 Å². The summed E-state index contributed by atoms with van der Waals surface area (Å²) >= 11 is 0. The van der Waals surface area contributed by atoms with Gasteiger partial charge in [0.25, 0.3) is 5.91 Å². The van der Waals surface area contributed by atoms with Crippen molar-refractivity contribution in [1.29, 1.82) is 0 Å². The minimum absolute atomic E-state index is 0.0340. The van der Waals surface area contributed by atoms with Crippen molar-refractivity contribution in [3.63, 3.8) is 0 Å². The van der Waals surface area contributed by atoms with Gasteiger partial charge in [0.2, 0.25) is 0 Å². The Labute approximate surface area is 248 Å². The summed E-state index contributed by atoms with van der Waals surface area (Å²) in [6.45, 7) is 3.07. The Balaban J connectivity index is 1.46. The van der Waals surface area contributed by atoms with Gasteiger partial charge in [-0.05, 0) is 55.8 Å². The Bertz CT molecular complexity index is 1670. The van der Waals surface area contributed by atoms with Gasteiger partial charge in [0, 0.05) is 36.8 Å². The Hall–Kier alpha value is -4.17. The van der Waals surface area contributed by atoms with E-state index in [0.717, 1.165) is 18.3 Å². The van der Waals surface area contributed by atoms with E-state index in [9.17, 15) is 36.2 Å². The van der Waals surface area contributed by atoms with Crippen molar-refractivity contribution >= 4 is 11.6 Å². The van der Waals surface area contributed by atoms with Crippen LogP contribution in [0, 0.1) is 6.92 Å². The van der Waals surface area contributed by atoms with E-state index in [4.69, 9.17) is 4.74 Å². The van der Waals surface area contributed by atoms with Crippen LogP contribution >= 0.6 is 0 Å². The maximum Gasteiger partial charge on any atom is 0.433 e. The number of carbonyl (C=O) groups is 1. The van der Waals surface area contributed by atoms with Gasteiger partial charge >= 0.3 is 12.4 Å². The highest BCUT2D eigenvalue weighted by atomic mass is 19.4. The van der Waals surface area contributed by atoms with E-state index in [1.54, 1.807) is 36.1 Å². The fourth-order valence-electron chi connectivity index (χ4n) is 5.67. The molecule has 1 saturated heterocycles. The molecule has 0 aliphatic carbocycles. The molecule has 2 aromatic carbocycles. The second-order valence-corrected chi connectivity index (χ2v) is 10.6. The van der Waals surface area contributed by atoms with Crippen LogP contribution in [0.1, 0.15) is 45.7 Å². The van der Waals surface area contributed by atoms with Crippen molar-refractivity contribution in [3.05, 3.63) is 82.7 Å². The average molecular weight is 622 g/mol. The first-order valence-corrected chi connectivity index (χ1v) is 13.7. The quantitative estimate of drug-likeness (QED) is 0.281. The molecule has 44 heavy (non-hydrogen) atoms. The molecular weight excluding hydrogens is 592 g/mol. The summed E-state index contributed by atoms with van der Waals surface area (Å²) in [4.78, 5) is 21.5. The number of aromatic nitrogens is 3. The maximum atomic E-state index is 14.3. The first-order valence-electron chi connectivity index (χ1n) is 13.7. The molecule has 234 valence electrons. The van der Waals surface area contributed by atoms with Gasteiger partial charge < -0.3 is 14.7 Å². The Morgan fingerprint density at radius 3 is 2.36 bits per heavy atom. The van der Waals surface area contributed by atoms with Gasteiger partial charge in [-0.15, -0.1) is 0 Å². The fourth-order valence-corrected chi connectivity index (χ4v) is 5.67. The van der Waals surface area contributed by atoms with E-state index >= 15 is 0 Å². The van der Waals surface area contributed by atoms with Crippen molar-refractivity contribution in [1.82, 2.24) is 24.4 Å². The molecule has 2 atom stereocenters. The lowest BCUT2D eigenvalue weighted by Gasteiger charge is -2.43. The fraction of sp³-hybridized carbons (Fsp3) is 0.367. The van der Waals surface area contributed by atoms with E-state index in [0.29, 0.717) is 15.8 Å². The highest BCUT2D eigenvalue weighted by Crippen LogP contribution is 2.37. The predicted octanol–water partition coefficient (Wildman–Crippen LogP) is 5.63. The number of rotatable bonds is 6. The highest BCUT2D eigenvalue weighted by Gasteiger charge is 2.40. The summed E-state index contributed by atoms with van der Waals surface area (Å²) in [7, 11) is 1.46. The van der Waals surface area contributed by atoms with Crippen LogP contribution in [0.3, 0.4) is 0 Å². The molecule has 1 aliphatic heterocycles. The van der Waals surface area contributed by atoms with Crippen LogP contribution in [0.15, 0.2) is 54.7 Å². The molecule has 0 unspecified atom stereocenters. The molecule has 0 radical (unpaired) electrons. The zero-order valence-corrected chi connectivity index (χ0v) is 23.9. The average Bonchev–Trinajstić information content (AvgIpc) is 3.39. The number of hydrogen-bond acceptors (Lipinski definition) is 6. The second-order valence-electron chi connectivity index (χ2n) is 10.6. The Morgan fingerprint density at radius 2 is 1.77 bits per heavy atom. The number of aliphatic hydroxyl groups is 1. The topological polar surface area (TPSA) is 83.2 Å². The number of methoxy groups -OCH3 is 1. The van der Waals surface area contributed by atoms with Gasteiger partial charge in [-0.25, -0.2) is 9.50 Å². The summed E-state index contributed by atoms with van der Waals surface area (Å²) < 4.78 is 88.6. The van der Waals surface area contributed by atoms with Crippen molar-refractivity contribution in [2.45, 2.75) is 38.3 Å². The van der Waals surface area contributed by atoms with Crippen LogP contribution in [0.2, 0.25) is 0 Å². The molecule has 4 aromatic rings. The van der Waals surface area contributed by atoms with E-state index in [1.807, 2.05) is 0 Å². The number of fused-ring (bicyclic) bond motifs is 1. The lowest BCUT2D eigenvalue weighted by molar-refractivity contribution is -0.143. The summed E-state index contributed by atoms with van der Waals surface area (Å²) in [5.41, 5.74) is -1.73. The number of ether oxygens (including phenoxy) is 1.